The molecule has 9 heteroatoms. The number of unbranched alkanes of at least 4 members (excludes halogenated alkanes) is 1. The lowest BCUT2D eigenvalue weighted by Crippen LogP contribution is -2.40. The molecule has 0 saturated carbocycles. The van der Waals surface area contributed by atoms with E-state index in [4.69, 9.17) is 4.42 Å². The zero-order chi connectivity index (χ0) is 17.4. The molecule has 128 valence electrons. The first-order chi connectivity index (χ1) is 11.6. The van der Waals surface area contributed by atoms with Crippen LogP contribution in [0.4, 0.5) is 9.18 Å². The Bertz CT molecular complexity index is 690. The number of imide groups is 1. The van der Waals surface area contributed by atoms with E-state index in [1.807, 2.05) is 6.92 Å². The van der Waals surface area contributed by atoms with Crippen LogP contribution in [0.15, 0.2) is 33.9 Å². The van der Waals surface area contributed by atoms with Crippen molar-refractivity contribution < 1.29 is 18.4 Å². The molecule has 0 atom stereocenters. The molecule has 0 saturated heterocycles. The maximum atomic E-state index is 12.9. The lowest BCUT2D eigenvalue weighted by atomic mass is 10.2. The second-order valence-electron chi connectivity index (χ2n) is 4.83. The number of carbonyl (C=O) groups is 2. The quantitative estimate of drug-likeness (QED) is 0.587. The van der Waals surface area contributed by atoms with Gasteiger partial charge >= 0.3 is 6.03 Å². The second kappa shape index (κ2) is 9.02. The van der Waals surface area contributed by atoms with E-state index in [-0.39, 0.29) is 22.7 Å². The third-order valence-corrected chi connectivity index (χ3v) is 3.71. The Labute approximate surface area is 142 Å². The van der Waals surface area contributed by atoms with Crippen molar-refractivity contribution >= 4 is 23.7 Å². The van der Waals surface area contributed by atoms with Crippen molar-refractivity contribution in [1.82, 2.24) is 20.8 Å². The average Bonchev–Trinajstić information content (AvgIpc) is 3.03. The fraction of sp³-hybridized carbons (Fsp3) is 0.333. The molecule has 0 aliphatic heterocycles. The van der Waals surface area contributed by atoms with Crippen LogP contribution in [0, 0.1) is 5.82 Å². The van der Waals surface area contributed by atoms with E-state index in [0.717, 1.165) is 24.6 Å². The molecule has 0 unspecified atom stereocenters. The number of nitrogens with zero attached hydrogens (tertiary/aromatic N) is 2. The van der Waals surface area contributed by atoms with Crippen LogP contribution in [-0.2, 0) is 4.79 Å². The lowest BCUT2D eigenvalue weighted by Gasteiger charge is -2.04. The van der Waals surface area contributed by atoms with Crippen LogP contribution in [-0.4, -0.2) is 34.4 Å². The maximum absolute atomic E-state index is 12.9. The highest BCUT2D eigenvalue weighted by molar-refractivity contribution is 7.99. The van der Waals surface area contributed by atoms with Crippen LogP contribution < -0.4 is 10.6 Å². The summed E-state index contributed by atoms with van der Waals surface area (Å²) >= 11 is 1.01. The third kappa shape index (κ3) is 5.65. The Hall–Kier alpha value is -2.42. The molecule has 0 aliphatic carbocycles. The predicted molar refractivity (Wildman–Crippen MR) is 86.9 cm³/mol. The van der Waals surface area contributed by atoms with Crippen molar-refractivity contribution in [3.63, 3.8) is 0 Å². The van der Waals surface area contributed by atoms with Crippen molar-refractivity contribution in [2.75, 3.05) is 12.3 Å². The van der Waals surface area contributed by atoms with E-state index < -0.39 is 11.9 Å². The summed E-state index contributed by atoms with van der Waals surface area (Å²) in [6, 6.07) is 5.09. The summed E-state index contributed by atoms with van der Waals surface area (Å²) in [4.78, 5) is 23.1. The van der Waals surface area contributed by atoms with Crippen molar-refractivity contribution in [3.05, 3.63) is 30.1 Å². The van der Waals surface area contributed by atoms with Gasteiger partial charge in [0, 0.05) is 12.1 Å². The van der Waals surface area contributed by atoms with Crippen LogP contribution in [0.25, 0.3) is 11.5 Å². The summed E-state index contributed by atoms with van der Waals surface area (Å²) in [6.45, 7) is 2.53. The lowest BCUT2D eigenvalue weighted by molar-refractivity contribution is -0.117. The molecule has 0 bridgehead atoms. The van der Waals surface area contributed by atoms with Crippen molar-refractivity contribution in [3.8, 4) is 11.5 Å². The van der Waals surface area contributed by atoms with E-state index in [2.05, 4.69) is 20.8 Å². The van der Waals surface area contributed by atoms with E-state index in [0.29, 0.717) is 12.1 Å². The van der Waals surface area contributed by atoms with Gasteiger partial charge < -0.3 is 9.73 Å². The first-order valence-corrected chi connectivity index (χ1v) is 8.37. The Kier molecular flexibility index (Phi) is 6.74. The van der Waals surface area contributed by atoms with Crippen LogP contribution in [0.3, 0.4) is 0 Å². The largest absolute Gasteiger partial charge is 0.411 e. The first-order valence-electron chi connectivity index (χ1n) is 7.38. The molecule has 0 radical (unpaired) electrons. The van der Waals surface area contributed by atoms with Crippen LogP contribution in [0.2, 0.25) is 0 Å². The van der Waals surface area contributed by atoms with Gasteiger partial charge in [0.2, 0.25) is 11.8 Å². The van der Waals surface area contributed by atoms with E-state index >= 15 is 0 Å². The molecule has 0 aliphatic rings. The number of benzene rings is 1. The van der Waals surface area contributed by atoms with Gasteiger partial charge in [-0.2, -0.15) is 0 Å². The third-order valence-electron chi connectivity index (χ3n) is 2.89. The average molecular weight is 352 g/mol. The van der Waals surface area contributed by atoms with Crippen LogP contribution >= 0.6 is 11.8 Å². The number of hydrogen-bond acceptors (Lipinski definition) is 6. The molecule has 2 aromatic rings. The minimum Gasteiger partial charge on any atom is -0.411 e. The number of rotatable bonds is 7. The molecular weight excluding hydrogens is 335 g/mol. The Balaban J connectivity index is 1.79. The summed E-state index contributed by atoms with van der Waals surface area (Å²) in [5, 5.41) is 12.6. The Morgan fingerprint density at radius 1 is 1.25 bits per heavy atom. The van der Waals surface area contributed by atoms with Gasteiger partial charge in [0.15, 0.2) is 0 Å². The maximum Gasteiger partial charge on any atom is 0.321 e. The summed E-state index contributed by atoms with van der Waals surface area (Å²) in [6.07, 6.45) is 1.81. The number of amides is 3. The Morgan fingerprint density at radius 2 is 2.00 bits per heavy atom. The molecular formula is C15H17FN4O3S. The van der Waals surface area contributed by atoms with Crippen molar-refractivity contribution in [2.45, 2.75) is 25.0 Å². The minimum atomic E-state index is -0.522. The zero-order valence-corrected chi connectivity index (χ0v) is 13.9. The van der Waals surface area contributed by atoms with E-state index in [1.54, 1.807) is 0 Å². The minimum absolute atomic E-state index is 0.0355. The highest BCUT2D eigenvalue weighted by Gasteiger charge is 2.12. The number of aromatic nitrogens is 2. The molecule has 2 rings (SSSR count). The summed E-state index contributed by atoms with van der Waals surface area (Å²) in [5.74, 6) is -0.626. The van der Waals surface area contributed by atoms with Gasteiger partial charge in [-0.25, -0.2) is 9.18 Å². The van der Waals surface area contributed by atoms with E-state index in [9.17, 15) is 14.0 Å². The predicted octanol–water partition coefficient (Wildman–Crippen LogP) is 2.59. The number of thioether (sulfide) groups is 1. The van der Waals surface area contributed by atoms with Gasteiger partial charge in [0.05, 0.1) is 5.75 Å². The van der Waals surface area contributed by atoms with Crippen LogP contribution in [0.1, 0.15) is 19.8 Å². The molecule has 2 N–H and O–H groups in total. The number of carbonyl (C=O) groups excluding carboxylic acids is 2. The number of nitrogens with one attached hydrogen (secondary N) is 2. The molecule has 7 nitrogen and oxygen atoms in total. The molecule has 0 spiro atoms. The van der Waals surface area contributed by atoms with Gasteiger partial charge in [-0.15, -0.1) is 10.2 Å². The second-order valence-corrected chi connectivity index (χ2v) is 5.75. The number of hydrogen-bond donors (Lipinski definition) is 2. The molecule has 0 fully saturated rings. The zero-order valence-electron chi connectivity index (χ0n) is 13.0. The first kappa shape index (κ1) is 17.9. The van der Waals surface area contributed by atoms with Gasteiger partial charge in [0.1, 0.15) is 5.82 Å². The monoisotopic (exact) mass is 352 g/mol. The molecule has 24 heavy (non-hydrogen) atoms. The molecule has 3 amide bonds. The molecule has 1 aromatic heterocycles. The molecule has 1 aromatic carbocycles. The highest BCUT2D eigenvalue weighted by Crippen LogP contribution is 2.23. The highest BCUT2D eigenvalue weighted by atomic mass is 32.2. The number of halogens is 1. The Morgan fingerprint density at radius 3 is 2.71 bits per heavy atom. The van der Waals surface area contributed by atoms with Gasteiger partial charge in [0.25, 0.3) is 5.22 Å². The normalized spacial score (nSPS) is 10.4. The van der Waals surface area contributed by atoms with Crippen molar-refractivity contribution in [1.29, 1.82) is 0 Å². The number of urea groups is 1. The smallest absolute Gasteiger partial charge is 0.321 e. The van der Waals surface area contributed by atoms with E-state index in [1.165, 1.54) is 24.3 Å². The summed E-state index contributed by atoms with van der Waals surface area (Å²) < 4.78 is 18.3. The van der Waals surface area contributed by atoms with Gasteiger partial charge in [-0.3, -0.25) is 10.1 Å². The summed E-state index contributed by atoms with van der Waals surface area (Å²) in [7, 11) is 0. The van der Waals surface area contributed by atoms with Gasteiger partial charge in [-0.1, -0.05) is 25.1 Å². The van der Waals surface area contributed by atoms with Gasteiger partial charge in [-0.05, 0) is 30.7 Å². The molecule has 1 heterocycles. The fourth-order valence-electron chi connectivity index (χ4n) is 1.69. The SMILES string of the molecule is CCCCNC(=O)NC(=O)CSc1nnc(-c2ccc(F)cc2)o1. The topological polar surface area (TPSA) is 97.1 Å². The van der Waals surface area contributed by atoms with Crippen molar-refractivity contribution in [2.24, 2.45) is 0 Å². The standard InChI is InChI=1S/C15H17FN4O3S/c1-2-3-8-17-14(22)18-12(21)9-24-15-20-19-13(23-15)10-4-6-11(16)7-5-10/h4-7H,2-3,8-9H2,1H3,(H2,17,18,21,22). The fourth-order valence-corrected chi connectivity index (χ4v) is 2.25. The van der Waals surface area contributed by atoms with Crippen LogP contribution in [0.5, 0.6) is 0 Å². The summed E-state index contributed by atoms with van der Waals surface area (Å²) in [5.41, 5.74) is 0.579.